The predicted molar refractivity (Wildman–Crippen MR) is 80.6 cm³/mol. The second-order valence-electron chi connectivity index (χ2n) is 4.16. The fourth-order valence-corrected chi connectivity index (χ4v) is 1.74. The van der Waals surface area contributed by atoms with Gasteiger partial charge in [-0.1, -0.05) is 11.6 Å². The number of methoxy groups -OCH3 is 1. The van der Waals surface area contributed by atoms with Crippen molar-refractivity contribution in [1.29, 1.82) is 0 Å². The molecule has 0 radical (unpaired) electrons. The molecule has 1 aromatic rings. The van der Waals surface area contributed by atoms with Gasteiger partial charge in [0.2, 0.25) is 5.91 Å². The van der Waals surface area contributed by atoms with Crippen molar-refractivity contribution >= 4 is 29.2 Å². The number of halogens is 1. The van der Waals surface area contributed by atoms with E-state index in [4.69, 9.17) is 16.3 Å². The number of nitrogens with zero attached hydrogens (tertiary/aromatic N) is 1. The van der Waals surface area contributed by atoms with Crippen molar-refractivity contribution in [2.24, 2.45) is 0 Å². The average molecular weight is 315 g/mol. The standard InChI is InChI=1S/C13H19ClN4O3/c1-15-11-8-9(7-10(14)18-11)13(20)17-4-3-12(19)16-5-6-21-2/h7-8H,3-6H2,1-2H3,(H,15,18)(H,16,19)(H,17,20). The summed E-state index contributed by atoms with van der Waals surface area (Å²) in [6.07, 6.45) is 0.202. The van der Waals surface area contributed by atoms with Crippen LogP contribution in [0.2, 0.25) is 5.15 Å². The molecule has 0 saturated carbocycles. The molecule has 0 saturated heterocycles. The summed E-state index contributed by atoms with van der Waals surface area (Å²) in [5.74, 6) is 0.0569. The lowest BCUT2D eigenvalue weighted by Gasteiger charge is -2.08. The number of hydrogen-bond donors (Lipinski definition) is 3. The van der Waals surface area contributed by atoms with Gasteiger partial charge >= 0.3 is 0 Å². The van der Waals surface area contributed by atoms with Crippen molar-refractivity contribution in [2.45, 2.75) is 6.42 Å². The van der Waals surface area contributed by atoms with Gasteiger partial charge in [0.15, 0.2) is 0 Å². The normalized spacial score (nSPS) is 10.0. The van der Waals surface area contributed by atoms with Gasteiger partial charge in [-0.3, -0.25) is 9.59 Å². The van der Waals surface area contributed by atoms with Crippen LogP contribution < -0.4 is 16.0 Å². The van der Waals surface area contributed by atoms with E-state index in [2.05, 4.69) is 20.9 Å². The van der Waals surface area contributed by atoms with E-state index in [1.165, 1.54) is 6.07 Å². The molecule has 0 spiro atoms. The summed E-state index contributed by atoms with van der Waals surface area (Å²) in [5.41, 5.74) is 0.388. The fraction of sp³-hybridized carbons (Fsp3) is 0.462. The number of carbonyl (C=O) groups is 2. The maximum atomic E-state index is 11.9. The Labute approximate surface area is 128 Å². The minimum atomic E-state index is -0.305. The topological polar surface area (TPSA) is 92.4 Å². The molecule has 0 aliphatic heterocycles. The van der Waals surface area contributed by atoms with Crippen molar-refractivity contribution in [2.75, 3.05) is 39.2 Å². The summed E-state index contributed by atoms with van der Waals surface area (Å²) in [7, 11) is 3.25. The Bertz CT molecular complexity index is 496. The highest BCUT2D eigenvalue weighted by Gasteiger charge is 2.09. The van der Waals surface area contributed by atoms with Gasteiger partial charge in [-0.15, -0.1) is 0 Å². The van der Waals surface area contributed by atoms with E-state index in [-0.39, 0.29) is 29.9 Å². The summed E-state index contributed by atoms with van der Waals surface area (Å²) in [5, 5.41) is 8.36. The zero-order valence-corrected chi connectivity index (χ0v) is 12.8. The van der Waals surface area contributed by atoms with E-state index in [0.29, 0.717) is 24.5 Å². The highest BCUT2D eigenvalue weighted by Crippen LogP contribution is 2.13. The van der Waals surface area contributed by atoms with Crippen molar-refractivity contribution in [1.82, 2.24) is 15.6 Å². The lowest BCUT2D eigenvalue weighted by atomic mass is 10.2. The van der Waals surface area contributed by atoms with Gasteiger partial charge in [0.1, 0.15) is 11.0 Å². The third-order valence-corrected chi connectivity index (χ3v) is 2.77. The van der Waals surface area contributed by atoms with E-state index in [1.54, 1.807) is 20.2 Å². The lowest BCUT2D eigenvalue weighted by molar-refractivity contribution is -0.121. The smallest absolute Gasteiger partial charge is 0.251 e. The summed E-state index contributed by atoms with van der Waals surface area (Å²) >= 11 is 5.82. The van der Waals surface area contributed by atoms with Gasteiger partial charge in [0.25, 0.3) is 5.91 Å². The Morgan fingerprint density at radius 3 is 2.71 bits per heavy atom. The summed E-state index contributed by atoms with van der Waals surface area (Å²) in [4.78, 5) is 27.3. The Balaban J connectivity index is 2.40. The average Bonchev–Trinajstić information content (AvgIpc) is 2.46. The predicted octanol–water partition coefficient (Wildman–Crippen LogP) is 0.659. The highest BCUT2D eigenvalue weighted by atomic mass is 35.5. The van der Waals surface area contributed by atoms with Crippen molar-refractivity contribution < 1.29 is 14.3 Å². The highest BCUT2D eigenvalue weighted by molar-refractivity contribution is 6.29. The van der Waals surface area contributed by atoms with E-state index in [0.717, 1.165) is 0 Å². The molecule has 0 atom stereocenters. The van der Waals surface area contributed by atoms with Gasteiger partial charge in [0, 0.05) is 39.2 Å². The first kappa shape index (κ1) is 17.2. The van der Waals surface area contributed by atoms with Crippen LogP contribution in [0.3, 0.4) is 0 Å². The fourth-order valence-electron chi connectivity index (χ4n) is 1.53. The minimum absolute atomic E-state index is 0.143. The maximum Gasteiger partial charge on any atom is 0.251 e. The molecule has 0 aliphatic carbocycles. The van der Waals surface area contributed by atoms with E-state index in [9.17, 15) is 9.59 Å². The second-order valence-corrected chi connectivity index (χ2v) is 4.55. The summed E-state index contributed by atoms with van der Waals surface area (Å²) in [6, 6.07) is 3.05. The zero-order valence-electron chi connectivity index (χ0n) is 12.0. The SMILES string of the molecule is CNc1cc(C(=O)NCCC(=O)NCCOC)cc(Cl)n1. The quantitative estimate of drug-likeness (QED) is 0.484. The number of hydrogen-bond acceptors (Lipinski definition) is 5. The third-order valence-electron chi connectivity index (χ3n) is 2.58. The van der Waals surface area contributed by atoms with Crippen LogP contribution >= 0.6 is 11.6 Å². The maximum absolute atomic E-state index is 11.9. The molecule has 0 bridgehead atoms. The van der Waals surface area contributed by atoms with Gasteiger partial charge in [-0.25, -0.2) is 4.98 Å². The molecule has 0 fully saturated rings. The molecule has 1 rings (SSSR count). The molecule has 3 N–H and O–H groups in total. The summed E-state index contributed by atoms with van der Waals surface area (Å²) < 4.78 is 4.82. The molecule has 21 heavy (non-hydrogen) atoms. The zero-order chi connectivity index (χ0) is 15.7. The molecule has 2 amide bonds. The summed E-state index contributed by atoms with van der Waals surface area (Å²) in [6.45, 7) is 1.15. The molecule has 1 aromatic heterocycles. The molecule has 0 unspecified atom stereocenters. The number of anilines is 1. The monoisotopic (exact) mass is 314 g/mol. The number of aromatic nitrogens is 1. The van der Waals surface area contributed by atoms with Crippen molar-refractivity contribution in [3.05, 3.63) is 22.8 Å². The number of nitrogens with one attached hydrogen (secondary N) is 3. The van der Waals surface area contributed by atoms with Crippen LogP contribution in [0.5, 0.6) is 0 Å². The van der Waals surface area contributed by atoms with Crippen LogP contribution in [-0.2, 0) is 9.53 Å². The molecule has 0 aliphatic rings. The van der Waals surface area contributed by atoms with Crippen LogP contribution in [0.1, 0.15) is 16.8 Å². The minimum Gasteiger partial charge on any atom is -0.383 e. The van der Waals surface area contributed by atoms with Gasteiger partial charge in [-0.05, 0) is 12.1 Å². The molecule has 116 valence electrons. The molecular formula is C13H19ClN4O3. The van der Waals surface area contributed by atoms with Crippen LogP contribution in [0.25, 0.3) is 0 Å². The molecule has 8 heteroatoms. The van der Waals surface area contributed by atoms with E-state index < -0.39 is 0 Å². The Kier molecular flexibility index (Phi) is 7.49. The van der Waals surface area contributed by atoms with Crippen LogP contribution in [0, 0.1) is 0 Å². The first-order chi connectivity index (χ1) is 10.1. The third kappa shape index (κ3) is 6.42. The van der Waals surface area contributed by atoms with E-state index in [1.807, 2.05) is 0 Å². The van der Waals surface area contributed by atoms with Crippen LogP contribution in [0.4, 0.5) is 5.82 Å². The Morgan fingerprint density at radius 1 is 1.29 bits per heavy atom. The van der Waals surface area contributed by atoms with Gasteiger partial charge in [0.05, 0.1) is 6.61 Å². The first-order valence-corrected chi connectivity index (χ1v) is 6.83. The number of rotatable bonds is 8. The molecule has 7 nitrogen and oxygen atoms in total. The van der Waals surface area contributed by atoms with Crippen molar-refractivity contribution in [3.63, 3.8) is 0 Å². The van der Waals surface area contributed by atoms with Crippen LogP contribution in [-0.4, -0.2) is 50.7 Å². The largest absolute Gasteiger partial charge is 0.383 e. The number of ether oxygens (including phenoxy) is 1. The molecular weight excluding hydrogens is 296 g/mol. The van der Waals surface area contributed by atoms with Crippen molar-refractivity contribution in [3.8, 4) is 0 Å². The van der Waals surface area contributed by atoms with Crippen LogP contribution in [0.15, 0.2) is 12.1 Å². The Morgan fingerprint density at radius 2 is 2.05 bits per heavy atom. The van der Waals surface area contributed by atoms with E-state index >= 15 is 0 Å². The van der Waals surface area contributed by atoms with Gasteiger partial charge < -0.3 is 20.7 Å². The number of amides is 2. The molecule has 0 aromatic carbocycles. The first-order valence-electron chi connectivity index (χ1n) is 6.46. The number of carbonyl (C=O) groups excluding carboxylic acids is 2. The molecule has 1 heterocycles. The Hall–Kier alpha value is -1.86. The van der Waals surface area contributed by atoms with Gasteiger partial charge in [-0.2, -0.15) is 0 Å². The second kappa shape index (κ2) is 9.15. The lowest BCUT2D eigenvalue weighted by Crippen LogP contribution is -2.32. The number of pyridine rings is 1.